The predicted octanol–water partition coefficient (Wildman–Crippen LogP) is 2.84. The van der Waals surface area contributed by atoms with E-state index in [0.29, 0.717) is 6.10 Å². The molecule has 11 heavy (non-hydrogen) atoms. The van der Waals surface area contributed by atoms with Crippen molar-refractivity contribution < 1.29 is 4.74 Å². The van der Waals surface area contributed by atoms with Gasteiger partial charge in [-0.25, -0.2) is 0 Å². The second-order valence-corrected chi connectivity index (χ2v) is 4.13. The van der Waals surface area contributed by atoms with Gasteiger partial charge in [-0.3, -0.25) is 0 Å². The maximum absolute atomic E-state index is 5.81. The van der Waals surface area contributed by atoms with Gasteiger partial charge in [0.05, 0.1) is 6.10 Å². The zero-order valence-corrected chi connectivity index (χ0v) is 7.53. The van der Waals surface area contributed by atoms with E-state index < -0.39 is 0 Å². The van der Waals surface area contributed by atoms with Gasteiger partial charge in [-0.2, -0.15) is 0 Å². The van der Waals surface area contributed by atoms with E-state index in [1.54, 1.807) is 0 Å². The van der Waals surface area contributed by atoms with Crippen LogP contribution < -0.4 is 0 Å². The Kier molecular flexibility index (Phi) is 1.73. The zero-order chi connectivity index (χ0) is 7.90. The fourth-order valence-electron chi connectivity index (χ4n) is 2.02. The highest BCUT2D eigenvalue weighted by atomic mass is 35.5. The first-order valence-corrected chi connectivity index (χ1v) is 4.63. The van der Waals surface area contributed by atoms with Gasteiger partial charge in [-0.05, 0) is 25.8 Å². The van der Waals surface area contributed by atoms with Crippen LogP contribution in [0.2, 0.25) is 0 Å². The minimum absolute atomic E-state index is 0.0735. The largest absolute Gasteiger partial charge is 0.362 e. The van der Waals surface area contributed by atoms with Crippen LogP contribution in [0, 0.1) is 0 Å². The Balaban J connectivity index is 2.08. The van der Waals surface area contributed by atoms with Crippen LogP contribution in [0.3, 0.4) is 0 Å². The lowest BCUT2D eigenvalue weighted by Gasteiger charge is -2.12. The molecule has 1 saturated carbocycles. The number of allylic oxidation sites excluding steroid dienone is 1. The summed E-state index contributed by atoms with van der Waals surface area (Å²) >= 11 is 5.81. The van der Waals surface area contributed by atoms with Crippen LogP contribution in [0.1, 0.15) is 32.6 Å². The third-order valence-corrected chi connectivity index (χ3v) is 2.69. The van der Waals surface area contributed by atoms with Gasteiger partial charge in [0.15, 0.2) is 0 Å². The third kappa shape index (κ3) is 1.32. The van der Waals surface area contributed by atoms with Crippen LogP contribution >= 0.6 is 11.6 Å². The number of fused-ring (bicyclic) bond motifs is 1. The zero-order valence-electron chi connectivity index (χ0n) is 6.77. The number of rotatable bonds is 1. The molecule has 1 heterocycles. The van der Waals surface area contributed by atoms with Crippen molar-refractivity contribution in [3.8, 4) is 0 Å². The Morgan fingerprint density at radius 2 is 2.45 bits per heavy atom. The molecule has 0 aromatic rings. The van der Waals surface area contributed by atoms with E-state index in [4.69, 9.17) is 16.3 Å². The number of epoxide rings is 1. The molecular weight excluding hydrogens is 160 g/mol. The highest BCUT2D eigenvalue weighted by Crippen LogP contribution is 2.49. The van der Waals surface area contributed by atoms with Crippen LogP contribution in [-0.4, -0.2) is 11.7 Å². The molecule has 2 atom stereocenters. The second-order valence-electron chi connectivity index (χ2n) is 3.54. The average Bonchev–Trinajstić information content (AvgIpc) is 2.59. The summed E-state index contributed by atoms with van der Waals surface area (Å²) in [6.07, 6.45) is 7.57. The summed E-state index contributed by atoms with van der Waals surface area (Å²) in [7, 11) is 0. The predicted molar refractivity (Wildman–Crippen MR) is 45.7 cm³/mol. The van der Waals surface area contributed by atoms with E-state index in [0.717, 1.165) is 5.03 Å². The molecule has 0 spiro atoms. The standard InChI is InChI=1S/C9H13ClO/c1-7(10)6-9-5-3-2-4-8(9)11-9/h6,8H,2-5H2,1H3/b7-6-. The molecule has 0 bridgehead atoms. The van der Waals surface area contributed by atoms with E-state index in [1.807, 2.05) is 6.92 Å². The molecule has 2 aliphatic rings. The van der Waals surface area contributed by atoms with Gasteiger partial charge in [0, 0.05) is 5.03 Å². The van der Waals surface area contributed by atoms with Crippen molar-refractivity contribution >= 4 is 11.6 Å². The molecule has 2 fully saturated rings. The summed E-state index contributed by atoms with van der Waals surface area (Å²) in [5.41, 5.74) is 0.0735. The van der Waals surface area contributed by atoms with Crippen molar-refractivity contribution in [2.24, 2.45) is 0 Å². The van der Waals surface area contributed by atoms with Crippen LogP contribution in [0.25, 0.3) is 0 Å². The third-order valence-electron chi connectivity index (χ3n) is 2.58. The molecule has 1 aliphatic heterocycles. The Morgan fingerprint density at radius 3 is 3.09 bits per heavy atom. The molecular formula is C9H13ClO. The van der Waals surface area contributed by atoms with Crippen LogP contribution in [0.4, 0.5) is 0 Å². The summed E-state index contributed by atoms with van der Waals surface area (Å²) in [5.74, 6) is 0. The van der Waals surface area contributed by atoms with Gasteiger partial charge >= 0.3 is 0 Å². The normalized spacial score (nSPS) is 43.5. The number of ether oxygens (including phenoxy) is 1. The lowest BCUT2D eigenvalue weighted by molar-refractivity contribution is 0.328. The van der Waals surface area contributed by atoms with Crippen molar-refractivity contribution in [1.82, 2.24) is 0 Å². The first-order valence-electron chi connectivity index (χ1n) is 4.26. The van der Waals surface area contributed by atoms with Crippen molar-refractivity contribution in [2.75, 3.05) is 0 Å². The van der Waals surface area contributed by atoms with E-state index >= 15 is 0 Å². The molecule has 0 aromatic carbocycles. The molecule has 1 aliphatic carbocycles. The highest BCUT2D eigenvalue weighted by molar-refractivity contribution is 6.29. The minimum Gasteiger partial charge on any atom is -0.362 e. The molecule has 62 valence electrons. The minimum atomic E-state index is 0.0735. The molecule has 2 rings (SSSR count). The molecule has 1 nitrogen and oxygen atoms in total. The van der Waals surface area contributed by atoms with E-state index in [2.05, 4.69) is 6.08 Å². The maximum atomic E-state index is 5.81. The SMILES string of the molecule is C/C(Cl)=C/C12CCCCC1O2. The van der Waals surface area contributed by atoms with Crippen LogP contribution in [0.15, 0.2) is 11.1 Å². The Morgan fingerprint density at radius 1 is 1.64 bits per heavy atom. The second kappa shape index (κ2) is 2.49. The Hall–Kier alpha value is -0.0100. The van der Waals surface area contributed by atoms with Crippen LogP contribution in [0.5, 0.6) is 0 Å². The van der Waals surface area contributed by atoms with Gasteiger partial charge < -0.3 is 4.74 Å². The molecule has 2 heteroatoms. The molecule has 0 radical (unpaired) electrons. The van der Waals surface area contributed by atoms with Crippen molar-refractivity contribution in [2.45, 2.75) is 44.3 Å². The topological polar surface area (TPSA) is 12.5 Å². The van der Waals surface area contributed by atoms with E-state index in [9.17, 15) is 0 Å². The summed E-state index contributed by atoms with van der Waals surface area (Å²) in [5, 5.41) is 0.870. The van der Waals surface area contributed by atoms with Gasteiger partial charge in [-0.15, -0.1) is 0 Å². The van der Waals surface area contributed by atoms with E-state index in [-0.39, 0.29) is 5.60 Å². The highest BCUT2D eigenvalue weighted by Gasteiger charge is 2.55. The van der Waals surface area contributed by atoms with Crippen molar-refractivity contribution in [3.05, 3.63) is 11.1 Å². The number of hydrogen-bond acceptors (Lipinski definition) is 1. The number of halogens is 1. The molecule has 0 N–H and O–H groups in total. The first kappa shape index (κ1) is 7.63. The summed E-state index contributed by atoms with van der Waals surface area (Å²) < 4.78 is 5.62. The monoisotopic (exact) mass is 172 g/mol. The summed E-state index contributed by atoms with van der Waals surface area (Å²) in [6, 6.07) is 0. The first-order chi connectivity index (χ1) is 5.23. The van der Waals surface area contributed by atoms with Crippen LogP contribution in [-0.2, 0) is 4.74 Å². The lowest BCUT2D eigenvalue weighted by atomic mass is 9.89. The maximum Gasteiger partial charge on any atom is 0.114 e. The van der Waals surface area contributed by atoms with Gasteiger partial charge in [0.2, 0.25) is 0 Å². The summed E-state index contributed by atoms with van der Waals surface area (Å²) in [4.78, 5) is 0. The van der Waals surface area contributed by atoms with Gasteiger partial charge in [0.1, 0.15) is 5.60 Å². The quantitative estimate of drug-likeness (QED) is 0.555. The molecule has 0 aromatic heterocycles. The fraction of sp³-hybridized carbons (Fsp3) is 0.778. The Bertz CT molecular complexity index is 196. The summed E-state index contributed by atoms with van der Waals surface area (Å²) in [6.45, 7) is 1.92. The average molecular weight is 173 g/mol. The van der Waals surface area contributed by atoms with Gasteiger partial charge in [-0.1, -0.05) is 24.4 Å². The van der Waals surface area contributed by atoms with Gasteiger partial charge in [0.25, 0.3) is 0 Å². The smallest absolute Gasteiger partial charge is 0.114 e. The molecule has 2 unspecified atom stereocenters. The Labute approximate surface area is 72.4 Å². The number of hydrogen-bond donors (Lipinski definition) is 0. The fourth-order valence-corrected chi connectivity index (χ4v) is 2.21. The van der Waals surface area contributed by atoms with Crippen molar-refractivity contribution in [1.29, 1.82) is 0 Å². The lowest BCUT2D eigenvalue weighted by Crippen LogP contribution is -2.16. The van der Waals surface area contributed by atoms with Crippen molar-refractivity contribution in [3.63, 3.8) is 0 Å². The van der Waals surface area contributed by atoms with E-state index in [1.165, 1.54) is 25.7 Å². The molecule has 1 saturated heterocycles. The molecule has 0 amide bonds.